The minimum atomic E-state index is -0.0340. The van der Waals surface area contributed by atoms with Gasteiger partial charge < -0.3 is 4.74 Å². The maximum Gasteiger partial charge on any atom is 0.233 e. The van der Waals surface area contributed by atoms with Crippen LogP contribution in [0.25, 0.3) is 10.2 Å². The number of amides is 1. The van der Waals surface area contributed by atoms with Crippen molar-refractivity contribution in [2.45, 2.75) is 32.7 Å². The van der Waals surface area contributed by atoms with Gasteiger partial charge in [0.1, 0.15) is 11.3 Å². The Morgan fingerprint density at radius 2 is 1.78 bits per heavy atom. The van der Waals surface area contributed by atoms with Crippen LogP contribution in [0.1, 0.15) is 36.5 Å². The zero-order chi connectivity index (χ0) is 22.7. The summed E-state index contributed by atoms with van der Waals surface area (Å²) in [7, 11) is 1.60. The Hall–Kier alpha value is -2.96. The molecule has 0 aliphatic carbocycles. The Morgan fingerprint density at radius 1 is 1.06 bits per heavy atom. The van der Waals surface area contributed by atoms with E-state index in [9.17, 15) is 4.79 Å². The van der Waals surface area contributed by atoms with E-state index in [0.717, 1.165) is 15.8 Å². The summed E-state index contributed by atoms with van der Waals surface area (Å²) in [6.07, 6.45) is 3.73. The molecule has 0 aliphatic heterocycles. The van der Waals surface area contributed by atoms with Crippen LogP contribution < -0.4 is 9.64 Å². The molecule has 7 heteroatoms. The quantitative estimate of drug-likeness (QED) is 0.323. The molecule has 0 fully saturated rings. The van der Waals surface area contributed by atoms with Gasteiger partial charge in [-0.2, -0.15) is 0 Å². The molecule has 2 heterocycles. The normalized spacial score (nSPS) is 11.2. The molecule has 32 heavy (non-hydrogen) atoms. The van der Waals surface area contributed by atoms with Crippen molar-refractivity contribution in [3.63, 3.8) is 0 Å². The fourth-order valence-electron chi connectivity index (χ4n) is 3.45. The number of rotatable bonds is 7. The lowest BCUT2D eigenvalue weighted by Gasteiger charge is -2.20. The van der Waals surface area contributed by atoms with Crippen molar-refractivity contribution in [3.05, 3.63) is 82.6 Å². The number of aromatic nitrogens is 2. The summed E-state index contributed by atoms with van der Waals surface area (Å²) in [6, 6.07) is 15.6. The number of benzene rings is 2. The molecule has 0 spiro atoms. The van der Waals surface area contributed by atoms with E-state index in [0.29, 0.717) is 33.9 Å². The van der Waals surface area contributed by atoms with Crippen LogP contribution >= 0.6 is 22.9 Å². The average molecular weight is 466 g/mol. The van der Waals surface area contributed by atoms with Crippen LogP contribution in [-0.4, -0.2) is 23.0 Å². The highest BCUT2D eigenvalue weighted by Crippen LogP contribution is 2.39. The molecule has 0 unspecified atom stereocenters. The van der Waals surface area contributed by atoms with Crippen molar-refractivity contribution in [3.8, 4) is 5.75 Å². The Morgan fingerprint density at radius 3 is 2.44 bits per heavy atom. The lowest BCUT2D eigenvalue weighted by atomic mass is 10.0. The number of hydrogen-bond donors (Lipinski definition) is 0. The molecule has 0 N–H and O–H groups in total. The monoisotopic (exact) mass is 465 g/mol. The van der Waals surface area contributed by atoms with Gasteiger partial charge in [0.05, 0.1) is 29.8 Å². The van der Waals surface area contributed by atoms with Crippen molar-refractivity contribution >= 4 is 44.2 Å². The maximum atomic E-state index is 13.5. The summed E-state index contributed by atoms with van der Waals surface area (Å²) in [6.45, 7) is 4.71. The van der Waals surface area contributed by atoms with Gasteiger partial charge in [-0.1, -0.05) is 61.1 Å². The number of methoxy groups -OCH3 is 1. The Bertz CT molecular complexity index is 1220. The van der Waals surface area contributed by atoms with Crippen LogP contribution in [0.15, 0.2) is 60.9 Å². The molecule has 2 aromatic heterocycles. The largest absolute Gasteiger partial charge is 0.494 e. The number of halogens is 1. The van der Waals surface area contributed by atoms with E-state index in [1.165, 1.54) is 16.9 Å². The topological polar surface area (TPSA) is 55.3 Å². The zero-order valence-electron chi connectivity index (χ0n) is 18.2. The first kappa shape index (κ1) is 22.2. The van der Waals surface area contributed by atoms with E-state index in [-0.39, 0.29) is 12.3 Å². The smallest absolute Gasteiger partial charge is 0.233 e. The highest BCUT2D eigenvalue weighted by Gasteiger charge is 2.22. The molecule has 2 aromatic carbocycles. The molecule has 0 radical (unpaired) electrons. The van der Waals surface area contributed by atoms with Crippen LogP contribution in [0.2, 0.25) is 5.02 Å². The second-order valence-electron chi connectivity index (χ2n) is 7.83. The van der Waals surface area contributed by atoms with Crippen molar-refractivity contribution < 1.29 is 9.53 Å². The minimum absolute atomic E-state index is 0.0340. The average Bonchev–Trinajstić information content (AvgIpc) is 3.25. The highest BCUT2D eigenvalue weighted by atomic mass is 35.5. The summed E-state index contributed by atoms with van der Waals surface area (Å²) >= 11 is 7.81. The van der Waals surface area contributed by atoms with Crippen molar-refractivity contribution in [1.29, 1.82) is 0 Å². The molecule has 0 atom stereocenters. The maximum absolute atomic E-state index is 13.5. The molecule has 4 rings (SSSR count). The van der Waals surface area contributed by atoms with Crippen LogP contribution in [0.4, 0.5) is 5.13 Å². The first-order valence-electron chi connectivity index (χ1n) is 10.4. The molecule has 0 bridgehead atoms. The molecule has 5 nitrogen and oxygen atoms in total. The van der Waals surface area contributed by atoms with Crippen LogP contribution in [0.5, 0.6) is 5.75 Å². The molecule has 164 valence electrons. The number of carbonyl (C=O) groups excluding carboxylic acids is 1. The molecule has 0 aliphatic rings. The van der Waals surface area contributed by atoms with Crippen LogP contribution in [0, 0.1) is 0 Å². The second kappa shape index (κ2) is 9.67. The van der Waals surface area contributed by atoms with Crippen molar-refractivity contribution in [2.75, 3.05) is 12.0 Å². The number of hydrogen-bond acceptors (Lipinski definition) is 5. The predicted octanol–water partition coefficient (Wildman–Crippen LogP) is 6.25. The van der Waals surface area contributed by atoms with E-state index in [1.807, 2.05) is 24.3 Å². The van der Waals surface area contributed by atoms with E-state index in [1.54, 1.807) is 36.5 Å². The lowest BCUT2D eigenvalue weighted by molar-refractivity contribution is -0.118. The number of carbonyl (C=O) groups is 1. The van der Waals surface area contributed by atoms with Gasteiger partial charge in [-0.15, -0.1) is 0 Å². The number of thiazole rings is 1. The van der Waals surface area contributed by atoms with E-state index in [4.69, 9.17) is 21.3 Å². The lowest BCUT2D eigenvalue weighted by Crippen LogP contribution is -2.31. The number of nitrogens with zero attached hydrogens (tertiary/aromatic N) is 3. The molecular weight excluding hydrogens is 442 g/mol. The van der Waals surface area contributed by atoms with Gasteiger partial charge >= 0.3 is 0 Å². The van der Waals surface area contributed by atoms with Gasteiger partial charge in [0.2, 0.25) is 5.91 Å². The van der Waals surface area contributed by atoms with E-state index in [2.05, 4.69) is 31.0 Å². The van der Waals surface area contributed by atoms with Gasteiger partial charge in [-0.25, -0.2) is 4.98 Å². The Labute approximate surface area is 196 Å². The van der Waals surface area contributed by atoms with Crippen molar-refractivity contribution in [2.24, 2.45) is 0 Å². The summed E-state index contributed by atoms with van der Waals surface area (Å²) in [5, 5.41) is 1.18. The Kier molecular flexibility index (Phi) is 6.72. The summed E-state index contributed by atoms with van der Waals surface area (Å²) in [5.74, 6) is 1.05. The van der Waals surface area contributed by atoms with E-state index >= 15 is 0 Å². The fourth-order valence-corrected chi connectivity index (χ4v) is 4.72. The third-order valence-electron chi connectivity index (χ3n) is 5.29. The highest BCUT2D eigenvalue weighted by molar-refractivity contribution is 7.23. The number of ether oxygens (including phenoxy) is 1. The molecule has 1 amide bonds. The first-order chi connectivity index (χ1) is 15.5. The number of fused-ring (bicyclic) bond motifs is 1. The van der Waals surface area contributed by atoms with Gasteiger partial charge in [0.15, 0.2) is 5.13 Å². The molecular formula is C25H24ClN3O2S. The fraction of sp³-hybridized carbons (Fsp3) is 0.240. The summed E-state index contributed by atoms with van der Waals surface area (Å²) in [5.41, 5.74) is 3.85. The zero-order valence-corrected chi connectivity index (χ0v) is 19.8. The SMILES string of the molecule is COc1ccc(Cl)c2sc(N(Cc3ccncc3)C(=O)Cc3ccc(C(C)C)cc3)nc12. The minimum Gasteiger partial charge on any atom is -0.494 e. The van der Waals surface area contributed by atoms with Gasteiger partial charge in [-0.3, -0.25) is 14.7 Å². The molecule has 0 saturated carbocycles. The Balaban J connectivity index is 1.69. The predicted molar refractivity (Wildman–Crippen MR) is 131 cm³/mol. The van der Waals surface area contributed by atoms with Gasteiger partial charge in [0.25, 0.3) is 0 Å². The van der Waals surface area contributed by atoms with E-state index < -0.39 is 0 Å². The summed E-state index contributed by atoms with van der Waals surface area (Å²) < 4.78 is 6.25. The van der Waals surface area contributed by atoms with Crippen LogP contribution in [0.3, 0.4) is 0 Å². The van der Waals surface area contributed by atoms with Crippen LogP contribution in [-0.2, 0) is 17.8 Å². The standard InChI is InChI=1S/C25H24ClN3O2S/c1-16(2)19-6-4-17(5-7-19)14-22(30)29(15-18-10-12-27-13-11-18)25-28-23-21(31-3)9-8-20(26)24(23)32-25/h4-13,16H,14-15H2,1-3H3. The molecule has 4 aromatic rings. The number of anilines is 1. The third-order valence-corrected chi connectivity index (χ3v) is 6.83. The number of pyridine rings is 1. The van der Waals surface area contributed by atoms with Gasteiger partial charge in [-0.05, 0) is 46.9 Å². The third kappa shape index (κ3) is 4.76. The molecule has 0 saturated heterocycles. The van der Waals surface area contributed by atoms with Crippen molar-refractivity contribution in [1.82, 2.24) is 9.97 Å². The summed E-state index contributed by atoms with van der Waals surface area (Å²) in [4.78, 5) is 24.0. The second-order valence-corrected chi connectivity index (χ2v) is 9.22. The van der Waals surface area contributed by atoms with Gasteiger partial charge in [0, 0.05) is 12.4 Å². The first-order valence-corrected chi connectivity index (χ1v) is 11.6.